The Labute approximate surface area is 175 Å². The summed E-state index contributed by atoms with van der Waals surface area (Å²) in [5.74, 6) is -0.708. The zero-order valence-electron chi connectivity index (χ0n) is 16.1. The molecular formula is C17H16F2N6O5S. The number of nitrogens with zero attached hydrogens (tertiary/aromatic N) is 4. The molecule has 2 heterocycles. The van der Waals surface area contributed by atoms with E-state index in [1.54, 1.807) is 0 Å². The van der Waals surface area contributed by atoms with E-state index in [9.17, 15) is 22.0 Å². The van der Waals surface area contributed by atoms with Crippen molar-refractivity contribution in [2.24, 2.45) is 0 Å². The number of anilines is 2. The number of carbonyl (C=O) groups is 1. The number of ether oxygens (including phenoxy) is 2. The molecule has 0 unspecified atom stereocenters. The van der Waals surface area contributed by atoms with Crippen LogP contribution < -0.4 is 19.5 Å². The van der Waals surface area contributed by atoms with Crippen molar-refractivity contribution in [3.8, 4) is 11.9 Å². The second kappa shape index (κ2) is 8.91. The van der Waals surface area contributed by atoms with Gasteiger partial charge in [-0.3, -0.25) is 9.52 Å². The first-order valence-electron chi connectivity index (χ1n) is 8.46. The van der Waals surface area contributed by atoms with E-state index in [0.717, 1.165) is 12.3 Å². The minimum absolute atomic E-state index is 0.0734. The molecular weight excluding hydrogens is 438 g/mol. The number of sulfonamides is 1. The van der Waals surface area contributed by atoms with Crippen molar-refractivity contribution in [1.82, 2.24) is 19.7 Å². The molecule has 0 fully saturated rings. The van der Waals surface area contributed by atoms with Gasteiger partial charge in [0.1, 0.15) is 0 Å². The first kappa shape index (κ1) is 21.9. The molecule has 0 aliphatic heterocycles. The number of alkyl halides is 2. The van der Waals surface area contributed by atoms with Gasteiger partial charge in [-0.2, -0.15) is 23.8 Å². The van der Waals surface area contributed by atoms with Crippen LogP contribution >= 0.6 is 0 Å². The molecule has 0 bridgehead atoms. The molecule has 3 aromatic rings. The lowest BCUT2D eigenvalue weighted by Gasteiger charge is -2.10. The summed E-state index contributed by atoms with van der Waals surface area (Å²) < 4.78 is 62.8. The highest BCUT2D eigenvalue weighted by atomic mass is 32.2. The van der Waals surface area contributed by atoms with Crippen LogP contribution in [0.5, 0.6) is 11.9 Å². The monoisotopic (exact) mass is 454 g/mol. The molecule has 1 aromatic carbocycles. The number of halogens is 2. The highest BCUT2D eigenvalue weighted by molar-refractivity contribution is 7.92. The Bertz CT molecular complexity index is 1160. The van der Waals surface area contributed by atoms with E-state index < -0.39 is 22.5 Å². The topological polar surface area (TPSA) is 137 Å². The number of nitrogens with one attached hydrogen (secondary N) is 2. The van der Waals surface area contributed by atoms with E-state index in [0.29, 0.717) is 4.68 Å². The lowest BCUT2D eigenvalue weighted by atomic mass is 10.3. The largest absolute Gasteiger partial charge is 0.481 e. The molecule has 0 saturated carbocycles. The minimum Gasteiger partial charge on any atom is -0.481 e. The molecule has 164 valence electrons. The number of hydrogen-bond acceptors (Lipinski definition) is 8. The van der Waals surface area contributed by atoms with Gasteiger partial charge in [0.15, 0.2) is 11.5 Å². The van der Waals surface area contributed by atoms with Crippen molar-refractivity contribution in [2.45, 2.75) is 11.4 Å². The second-order valence-corrected chi connectivity index (χ2v) is 7.51. The van der Waals surface area contributed by atoms with E-state index >= 15 is 0 Å². The lowest BCUT2D eigenvalue weighted by molar-refractivity contribution is 0.0561. The van der Waals surface area contributed by atoms with Crippen molar-refractivity contribution >= 4 is 27.4 Å². The second-order valence-electron chi connectivity index (χ2n) is 5.82. The number of aromatic nitrogens is 4. The Morgan fingerprint density at radius 3 is 2.39 bits per heavy atom. The quantitative estimate of drug-likeness (QED) is 0.528. The van der Waals surface area contributed by atoms with Gasteiger partial charge in [0.05, 0.1) is 19.1 Å². The van der Waals surface area contributed by atoms with Crippen molar-refractivity contribution in [3.63, 3.8) is 0 Å². The molecule has 0 aliphatic rings. The fourth-order valence-electron chi connectivity index (χ4n) is 2.33. The molecule has 0 aliphatic carbocycles. The number of hydrogen-bond donors (Lipinski definition) is 2. The van der Waals surface area contributed by atoms with Crippen molar-refractivity contribution in [1.29, 1.82) is 0 Å². The fraction of sp³-hybridized carbons (Fsp3) is 0.176. The van der Waals surface area contributed by atoms with Gasteiger partial charge in [0.2, 0.25) is 5.88 Å². The van der Waals surface area contributed by atoms with Gasteiger partial charge >= 0.3 is 12.6 Å². The van der Waals surface area contributed by atoms with E-state index in [2.05, 4.69) is 25.1 Å². The predicted octanol–water partition coefficient (Wildman–Crippen LogP) is 2.14. The Kier molecular flexibility index (Phi) is 6.29. The summed E-state index contributed by atoms with van der Waals surface area (Å²) in [6.45, 7) is -2.87. The summed E-state index contributed by atoms with van der Waals surface area (Å²) in [7, 11) is -1.36. The third-order valence-electron chi connectivity index (χ3n) is 3.78. The Hall–Kier alpha value is -3.81. The average molecular weight is 454 g/mol. The highest BCUT2D eigenvalue weighted by Gasteiger charge is 2.18. The summed E-state index contributed by atoms with van der Waals surface area (Å²) >= 11 is 0. The van der Waals surface area contributed by atoms with Crippen LogP contribution in [0.3, 0.4) is 0 Å². The van der Waals surface area contributed by atoms with Crippen LogP contribution in [0.1, 0.15) is 17.0 Å². The number of rotatable bonds is 8. The van der Waals surface area contributed by atoms with Gasteiger partial charge in [0.25, 0.3) is 15.9 Å². The smallest absolute Gasteiger partial charge is 0.333 e. The van der Waals surface area contributed by atoms with Gasteiger partial charge in [-0.05, 0) is 30.3 Å². The Morgan fingerprint density at radius 2 is 1.81 bits per heavy atom. The maximum absolute atomic E-state index is 12.6. The molecule has 3 rings (SSSR count). The SMILES string of the molecule is COc1cc(NS(=O)(=O)c2ccc(NC(=O)c3ccn(C(F)F)n3)cc2)nc(OC)n1. The zero-order valence-corrected chi connectivity index (χ0v) is 16.9. The molecule has 14 heteroatoms. The number of amides is 1. The fourth-order valence-corrected chi connectivity index (χ4v) is 3.32. The lowest BCUT2D eigenvalue weighted by Crippen LogP contribution is -2.16. The van der Waals surface area contributed by atoms with E-state index in [1.807, 2.05) is 0 Å². The van der Waals surface area contributed by atoms with Gasteiger partial charge in [-0.1, -0.05) is 0 Å². The molecule has 11 nitrogen and oxygen atoms in total. The van der Waals surface area contributed by atoms with Crippen molar-refractivity contribution in [2.75, 3.05) is 24.3 Å². The van der Waals surface area contributed by atoms with Crippen LogP contribution in [0, 0.1) is 0 Å². The molecule has 1 amide bonds. The van der Waals surface area contributed by atoms with E-state index in [1.165, 1.54) is 44.6 Å². The van der Waals surface area contributed by atoms with Crippen LogP contribution in [0.4, 0.5) is 20.3 Å². The van der Waals surface area contributed by atoms with E-state index in [4.69, 9.17) is 9.47 Å². The summed E-state index contributed by atoms with van der Waals surface area (Å²) in [5, 5.41) is 5.89. The minimum atomic E-state index is -4.03. The predicted molar refractivity (Wildman–Crippen MR) is 104 cm³/mol. The van der Waals surface area contributed by atoms with Crippen LogP contribution in [0.2, 0.25) is 0 Å². The number of methoxy groups -OCH3 is 2. The van der Waals surface area contributed by atoms with Crippen LogP contribution in [0.15, 0.2) is 47.5 Å². The highest BCUT2D eigenvalue weighted by Crippen LogP contribution is 2.21. The van der Waals surface area contributed by atoms with Gasteiger partial charge in [-0.25, -0.2) is 13.1 Å². The number of benzene rings is 1. The molecule has 2 aromatic heterocycles. The molecule has 0 saturated heterocycles. The van der Waals surface area contributed by atoms with E-state index in [-0.39, 0.29) is 34.0 Å². The average Bonchev–Trinajstić information content (AvgIpc) is 3.24. The molecule has 0 spiro atoms. The van der Waals surface area contributed by atoms with Crippen LogP contribution in [0.25, 0.3) is 0 Å². The molecule has 31 heavy (non-hydrogen) atoms. The standard InChI is InChI=1S/C17H16F2N6O5S/c1-29-14-9-13(21-17(22-14)30-2)24-31(27,28)11-5-3-10(4-6-11)20-15(26)12-7-8-25(23-12)16(18)19/h3-9,16H,1-2H3,(H,20,26)(H,21,22,24). The Balaban J connectivity index is 1.73. The van der Waals surface area contributed by atoms with Gasteiger partial charge < -0.3 is 14.8 Å². The number of carbonyl (C=O) groups excluding carboxylic acids is 1. The first-order valence-corrected chi connectivity index (χ1v) is 9.95. The third kappa shape index (κ3) is 5.22. The molecule has 0 radical (unpaired) electrons. The molecule has 2 N–H and O–H groups in total. The van der Waals surface area contributed by atoms with Crippen molar-refractivity contribution in [3.05, 3.63) is 48.3 Å². The van der Waals surface area contributed by atoms with Crippen LogP contribution in [-0.4, -0.2) is 48.3 Å². The maximum Gasteiger partial charge on any atom is 0.333 e. The third-order valence-corrected chi connectivity index (χ3v) is 5.15. The Morgan fingerprint density at radius 1 is 1.10 bits per heavy atom. The summed E-state index contributed by atoms with van der Waals surface area (Å²) in [4.78, 5) is 19.7. The van der Waals surface area contributed by atoms with Crippen molar-refractivity contribution < 1.29 is 31.5 Å². The molecule has 0 atom stereocenters. The summed E-state index contributed by atoms with van der Waals surface area (Å²) in [6, 6.07) is 7.46. The van der Waals surface area contributed by atoms with Gasteiger partial charge in [-0.15, -0.1) is 0 Å². The summed E-state index contributed by atoms with van der Waals surface area (Å²) in [6.07, 6.45) is 0.970. The summed E-state index contributed by atoms with van der Waals surface area (Å²) in [5.41, 5.74) is 0.0197. The maximum atomic E-state index is 12.6. The van der Waals surface area contributed by atoms with Gasteiger partial charge in [0, 0.05) is 18.0 Å². The first-order chi connectivity index (χ1) is 14.7. The van der Waals surface area contributed by atoms with Crippen LogP contribution in [-0.2, 0) is 10.0 Å². The normalized spacial score (nSPS) is 11.3. The zero-order chi connectivity index (χ0) is 22.6.